The van der Waals surface area contributed by atoms with Gasteiger partial charge in [0, 0.05) is 38.4 Å². The van der Waals surface area contributed by atoms with E-state index in [4.69, 9.17) is 0 Å². The molecule has 0 unspecified atom stereocenters. The number of ether oxygens (including phenoxy) is 1. The Morgan fingerprint density at radius 2 is 1.90 bits per heavy atom. The van der Waals surface area contributed by atoms with Gasteiger partial charge in [0.15, 0.2) is 11.5 Å². The van der Waals surface area contributed by atoms with Gasteiger partial charge in [-0.2, -0.15) is 5.10 Å². The number of benzene rings is 1. The molecule has 0 radical (unpaired) electrons. The number of aromatic nitrogens is 5. The third-order valence-electron chi connectivity index (χ3n) is 6.13. The van der Waals surface area contributed by atoms with Crippen LogP contribution in [0.25, 0.3) is 0 Å². The van der Waals surface area contributed by atoms with Crippen molar-refractivity contribution >= 4 is 29.2 Å². The zero-order valence-corrected chi connectivity index (χ0v) is 22.1. The molecular formula is C25H28F3N9O4. The lowest BCUT2D eigenvalue weighted by atomic mass is 10.2. The summed E-state index contributed by atoms with van der Waals surface area (Å²) in [6.45, 7) is 0.843. The van der Waals surface area contributed by atoms with Gasteiger partial charge < -0.3 is 25.2 Å². The minimum Gasteiger partial charge on any atom is -0.406 e. The van der Waals surface area contributed by atoms with Crippen LogP contribution in [-0.2, 0) is 22.6 Å². The minimum absolute atomic E-state index is 0.0939. The van der Waals surface area contributed by atoms with Gasteiger partial charge in [0.2, 0.25) is 11.8 Å². The number of aryl methyl sites for hydroxylation is 2. The fourth-order valence-electron chi connectivity index (χ4n) is 4.11. The molecule has 13 nitrogen and oxygen atoms in total. The normalized spacial score (nSPS) is 13.7. The summed E-state index contributed by atoms with van der Waals surface area (Å²) in [5, 5.41) is 21.0. The second kappa shape index (κ2) is 13.1. The summed E-state index contributed by atoms with van der Waals surface area (Å²) in [4.78, 5) is 39.7. The second-order valence-corrected chi connectivity index (χ2v) is 9.14. The van der Waals surface area contributed by atoms with Gasteiger partial charge in [-0.1, -0.05) is 11.3 Å². The molecule has 41 heavy (non-hydrogen) atoms. The highest BCUT2D eigenvalue weighted by Gasteiger charge is 2.32. The molecule has 2 N–H and O–H groups in total. The number of nitrogens with zero attached hydrogens (tertiary/aromatic N) is 7. The standard InChI is InChI=1S/C25H28F3N9O4/c1-29-24(40)20-14-37(34-32-20)10-3-2-5-17-8-9-21(33-31-17)30-22(38)15-36-12-11-35(16-23(36)39)18-6-4-7-19(13-18)41-25(26,27)28/h4,6-9,13-14H,2-3,5,10-12,15-16H2,1H3,(H,29,40)(H,30,33,38). The second-order valence-electron chi connectivity index (χ2n) is 9.14. The van der Waals surface area contributed by atoms with E-state index in [1.165, 1.54) is 30.1 Å². The lowest BCUT2D eigenvalue weighted by Crippen LogP contribution is -2.52. The molecule has 1 aliphatic heterocycles. The van der Waals surface area contributed by atoms with E-state index in [0.29, 0.717) is 25.2 Å². The van der Waals surface area contributed by atoms with Crippen LogP contribution >= 0.6 is 0 Å². The van der Waals surface area contributed by atoms with Gasteiger partial charge in [0.1, 0.15) is 12.3 Å². The molecule has 1 aliphatic rings. The van der Waals surface area contributed by atoms with Crippen LogP contribution in [0.1, 0.15) is 29.0 Å². The molecule has 0 saturated carbocycles. The Labute approximate surface area is 232 Å². The maximum absolute atomic E-state index is 12.6. The molecule has 3 amide bonds. The predicted octanol–water partition coefficient (Wildman–Crippen LogP) is 1.64. The van der Waals surface area contributed by atoms with E-state index in [-0.39, 0.29) is 48.7 Å². The largest absolute Gasteiger partial charge is 0.573 e. The minimum atomic E-state index is -4.81. The van der Waals surface area contributed by atoms with Crippen molar-refractivity contribution < 1.29 is 32.3 Å². The first kappa shape index (κ1) is 29.2. The van der Waals surface area contributed by atoms with Gasteiger partial charge >= 0.3 is 6.36 Å². The molecule has 0 atom stereocenters. The van der Waals surface area contributed by atoms with Crippen molar-refractivity contribution in [2.24, 2.45) is 0 Å². The molecule has 0 aliphatic carbocycles. The molecule has 1 fully saturated rings. The topological polar surface area (TPSA) is 147 Å². The van der Waals surface area contributed by atoms with Crippen LogP contribution in [0, 0.1) is 0 Å². The fourth-order valence-corrected chi connectivity index (χ4v) is 4.11. The maximum atomic E-state index is 12.6. The Balaban J connectivity index is 1.18. The average Bonchev–Trinajstić information content (AvgIpc) is 3.41. The van der Waals surface area contributed by atoms with Gasteiger partial charge in [0.25, 0.3) is 5.91 Å². The van der Waals surface area contributed by atoms with Crippen molar-refractivity contribution in [2.45, 2.75) is 32.2 Å². The molecule has 3 aromatic rings. The van der Waals surface area contributed by atoms with Crippen molar-refractivity contribution in [1.29, 1.82) is 0 Å². The Morgan fingerprint density at radius 3 is 2.61 bits per heavy atom. The average molecular weight is 576 g/mol. The number of hydrogen-bond acceptors (Lipinski definition) is 9. The van der Waals surface area contributed by atoms with Crippen LogP contribution in [0.2, 0.25) is 0 Å². The number of piperazine rings is 1. The summed E-state index contributed by atoms with van der Waals surface area (Å²) >= 11 is 0. The number of carbonyl (C=O) groups is 3. The van der Waals surface area contributed by atoms with Crippen LogP contribution in [-0.4, -0.2) is 87.4 Å². The van der Waals surface area contributed by atoms with Crippen molar-refractivity contribution in [3.63, 3.8) is 0 Å². The maximum Gasteiger partial charge on any atom is 0.573 e. The van der Waals surface area contributed by atoms with E-state index in [1.54, 1.807) is 34.0 Å². The highest BCUT2D eigenvalue weighted by molar-refractivity contribution is 5.94. The van der Waals surface area contributed by atoms with Crippen molar-refractivity contribution in [1.82, 2.24) is 35.4 Å². The van der Waals surface area contributed by atoms with Crippen LogP contribution in [0.5, 0.6) is 5.75 Å². The number of anilines is 2. The number of halogens is 3. The molecule has 3 heterocycles. The summed E-state index contributed by atoms with van der Waals surface area (Å²) < 4.78 is 43.1. The number of nitrogens with one attached hydrogen (secondary N) is 2. The van der Waals surface area contributed by atoms with Gasteiger partial charge in [-0.3, -0.25) is 19.1 Å². The van der Waals surface area contributed by atoms with E-state index in [1.807, 2.05) is 0 Å². The summed E-state index contributed by atoms with van der Waals surface area (Å²) in [7, 11) is 1.52. The summed E-state index contributed by atoms with van der Waals surface area (Å²) in [6, 6.07) is 8.78. The smallest absolute Gasteiger partial charge is 0.406 e. The lowest BCUT2D eigenvalue weighted by Gasteiger charge is -2.35. The Kier molecular flexibility index (Phi) is 9.31. The first-order valence-corrected chi connectivity index (χ1v) is 12.7. The molecule has 16 heteroatoms. The molecule has 218 valence electrons. The highest BCUT2D eigenvalue weighted by Crippen LogP contribution is 2.27. The molecule has 0 bridgehead atoms. The Bertz CT molecular complexity index is 1360. The summed E-state index contributed by atoms with van der Waals surface area (Å²) in [5.74, 6) is -1.21. The Hall–Kier alpha value is -4.76. The van der Waals surface area contributed by atoms with Crippen LogP contribution in [0.15, 0.2) is 42.6 Å². The fraction of sp³-hybridized carbons (Fsp3) is 0.400. The highest BCUT2D eigenvalue weighted by atomic mass is 19.4. The Morgan fingerprint density at radius 1 is 1.07 bits per heavy atom. The number of alkyl halides is 3. The van der Waals surface area contributed by atoms with Crippen LogP contribution in [0.3, 0.4) is 0 Å². The van der Waals surface area contributed by atoms with E-state index < -0.39 is 12.3 Å². The van der Waals surface area contributed by atoms with Gasteiger partial charge in [-0.25, -0.2) is 0 Å². The van der Waals surface area contributed by atoms with Crippen molar-refractivity contribution in [3.05, 3.63) is 54.0 Å². The number of amides is 3. The number of unbranched alkanes of at least 4 members (excludes halogenated alkanes) is 1. The zero-order valence-electron chi connectivity index (χ0n) is 22.1. The number of hydrogen-bond donors (Lipinski definition) is 2. The third kappa shape index (κ3) is 8.61. The van der Waals surface area contributed by atoms with E-state index >= 15 is 0 Å². The van der Waals surface area contributed by atoms with Gasteiger partial charge in [0.05, 0.1) is 18.4 Å². The SMILES string of the molecule is CNC(=O)c1cn(CCCCc2ccc(NC(=O)CN3CCN(c4cccc(OC(F)(F)F)c4)CC3=O)nn2)nn1. The quantitative estimate of drug-likeness (QED) is 0.326. The molecule has 1 saturated heterocycles. The van der Waals surface area contributed by atoms with E-state index in [2.05, 4.69) is 35.9 Å². The molecule has 2 aromatic heterocycles. The third-order valence-corrected chi connectivity index (χ3v) is 6.13. The first-order valence-electron chi connectivity index (χ1n) is 12.7. The monoisotopic (exact) mass is 575 g/mol. The van der Waals surface area contributed by atoms with Crippen LogP contribution < -0.4 is 20.3 Å². The number of carbonyl (C=O) groups excluding carboxylic acids is 3. The summed E-state index contributed by atoms with van der Waals surface area (Å²) in [5.41, 5.74) is 1.41. The van der Waals surface area contributed by atoms with Crippen LogP contribution in [0.4, 0.5) is 24.7 Å². The molecule has 0 spiro atoms. The van der Waals surface area contributed by atoms with E-state index in [9.17, 15) is 27.6 Å². The number of rotatable bonds is 11. The lowest BCUT2D eigenvalue weighted by molar-refractivity contribution is -0.274. The van der Waals surface area contributed by atoms with Crippen molar-refractivity contribution in [3.8, 4) is 5.75 Å². The first-order chi connectivity index (χ1) is 19.6. The van der Waals surface area contributed by atoms with E-state index in [0.717, 1.165) is 18.5 Å². The van der Waals surface area contributed by atoms with Gasteiger partial charge in [-0.15, -0.1) is 23.4 Å². The van der Waals surface area contributed by atoms with Gasteiger partial charge in [-0.05, 0) is 43.5 Å². The summed E-state index contributed by atoms with van der Waals surface area (Å²) in [6.07, 6.45) is -0.998. The van der Waals surface area contributed by atoms with Crippen molar-refractivity contribution in [2.75, 3.05) is 43.4 Å². The molecule has 1 aromatic carbocycles. The zero-order chi connectivity index (χ0) is 29.4. The molecule has 4 rings (SSSR count). The predicted molar refractivity (Wildman–Crippen MR) is 139 cm³/mol. The molecular weight excluding hydrogens is 547 g/mol.